The predicted molar refractivity (Wildman–Crippen MR) is 61.0 cm³/mol. The third kappa shape index (κ3) is 3.27. The molecule has 0 fully saturated rings. The van der Waals surface area contributed by atoms with Gasteiger partial charge < -0.3 is 5.11 Å². The average Bonchev–Trinajstić information content (AvgIpc) is 2.17. The second-order valence-corrected chi connectivity index (χ2v) is 5.67. The summed E-state index contributed by atoms with van der Waals surface area (Å²) in [6.07, 6.45) is 0. The Morgan fingerprint density at radius 3 is 2.60 bits per heavy atom. The largest absolute Gasteiger partial charge is 0.395 e. The molecule has 6 heteroatoms. The minimum atomic E-state index is -3.56. The van der Waals surface area contributed by atoms with Crippen LogP contribution in [-0.4, -0.2) is 26.2 Å². The van der Waals surface area contributed by atoms with E-state index in [2.05, 4.69) is 20.7 Å². The summed E-state index contributed by atoms with van der Waals surface area (Å²) >= 11 is 3.16. The van der Waals surface area contributed by atoms with E-state index >= 15 is 0 Å². The van der Waals surface area contributed by atoms with Crippen LogP contribution in [0, 0.1) is 0 Å². The Morgan fingerprint density at radius 1 is 1.47 bits per heavy atom. The number of rotatable bonds is 4. The number of hydrogen-bond acceptors (Lipinski definition) is 3. The molecule has 1 aromatic rings. The molecule has 84 valence electrons. The van der Waals surface area contributed by atoms with Crippen molar-refractivity contribution in [3.8, 4) is 0 Å². The van der Waals surface area contributed by atoms with Crippen LogP contribution in [0.25, 0.3) is 0 Å². The van der Waals surface area contributed by atoms with Gasteiger partial charge in [0.1, 0.15) is 0 Å². The van der Waals surface area contributed by atoms with Gasteiger partial charge in [0.25, 0.3) is 0 Å². The van der Waals surface area contributed by atoms with Gasteiger partial charge >= 0.3 is 0 Å². The number of sulfonamides is 1. The summed E-state index contributed by atoms with van der Waals surface area (Å²) in [4.78, 5) is 0.172. The molecule has 0 unspecified atom stereocenters. The summed E-state index contributed by atoms with van der Waals surface area (Å²) in [5, 5.41) is 8.78. The van der Waals surface area contributed by atoms with E-state index in [0.717, 1.165) is 0 Å². The van der Waals surface area contributed by atoms with Crippen molar-refractivity contribution in [2.45, 2.75) is 17.9 Å². The van der Waals surface area contributed by atoms with Gasteiger partial charge in [0.15, 0.2) is 0 Å². The number of halogens is 1. The molecule has 0 spiro atoms. The lowest BCUT2D eigenvalue weighted by Gasteiger charge is -2.12. The lowest BCUT2D eigenvalue weighted by atomic mass is 10.4. The normalized spacial score (nSPS) is 13.8. The molecule has 0 aliphatic rings. The van der Waals surface area contributed by atoms with Crippen molar-refractivity contribution in [1.29, 1.82) is 0 Å². The number of nitrogens with one attached hydrogen (secondary N) is 1. The van der Waals surface area contributed by atoms with Gasteiger partial charge in [-0.25, -0.2) is 13.1 Å². The molecule has 0 amide bonds. The minimum Gasteiger partial charge on any atom is -0.395 e. The van der Waals surface area contributed by atoms with Crippen LogP contribution in [0.1, 0.15) is 6.92 Å². The summed E-state index contributed by atoms with van der Waals surface area (Å²) in [5.74, 6) is 0. The fourth-order valence-corrected chi connectivity index (χ4v) is 3.27. The molecular formula is C9H12BrNO3S. The highest BCUT2D eigenvalue weighted by molar-refractivity contribution is 9.10. The monoisotopic (exact) mass is 293 g/mol. The van der Waals surface area contributed by atoms with E-state index in [1.54, 1.807) is 25.1 Å². The van der Waals surface area contributed by atoms with Crippen LogP contribution in [-0.2, 0) is 10.0 Å². The molecule has 0 radical (unpaired) electrons. The lowest BCUT2D eigenvalue weighted by molar-refractivity contribution is 0.265. The first-order chi connectivity index (χ1) is 6.97. The van der Waals surface area contributed by atoms with Crippen LogP contribution in [0.15, 0.2) is 33.6 Å². The zero-order chi connectivity index (χ0) is 11.5. The first-order valence-electron chi connectivity index (χ1n) is 4.35. The van der Waals surface area contributed by atoms with Crippen molar-refractivity contribution in [3.63, 3.8) is 0 Å². The Labute approximate surface area is 97.5 Å². The number of aliphatic hydroxyl groups excluding tert-OH is 1. The highest BCUT2D eigenvalue weighted by Gasteiger charge is 2.18. The highest BCUT2D eigenvalue weighted by atomic mass is 79.9. The quantitative estimate of drug-likeness (QED) is 0.874. The van der Waals surface area contributed by atoms with E-state index in [1.165, 1.54) is 6.07 Å². The molecule has 15 heavy (non-hydrogen) atoms. The fourth-order valence-electron chi connectivity index (χ4n) is 1.03. The maximum absolute atomic E-state index is 11.8. The maximum atomic E-state index is 11.8. The van der Waals surface area contributed by atoms with Gasteiger partial charge in [-0.2, -0.15) is 0 Å². The summed E-state index contributed by atoms with van der Waals surface area (Å²) in [5.41, 5.74) is 0. The lowest BCUT2D eigenvalue weighted by Crippen LogP contribution is -2.35. The molecule has 0 heterocycles. The van der Waals surface area contributed by atoms with Crippen molar-refractivity contribution in [1.82, 2.24) is 4.72 Å². The SMILES string of the molecule is C[C@@H](CO)NS(=O)(=O)c1ccccc1Br. The molecule has 1 aromatic carbocycles. The molecule has 1 rings (SSSR count). The predicted octanol–water partition coefficient (Wildman–Crippen LogP) is 1.11. The Morgan fingerprint density at radius 2 is 2.07 bits per heavy atom. The molecule has 4 nitrogen and oxygen atoms in total. The molecular weight excluding hydrogens is 282 g/mol. The highest BCUT2D eigenvalue weighted by Crippen LogP contribution is 2.20. The van der Waals surface area contributed by atoms with Gasteiger partial charge in [0.05, 0.1) is 11.5 Å². The van der Waals surface area contributed by atoms with Crippen molar-refractivity contribution < 1.29 is 13.5 Å². The van der Waals surface area contributed by atoms with Crippen LogP contribution in [0.5, 0.6) is 0 Å². The van der Waals surface area contributed by atoms with Crippen LogP contribution in [0.2, 0.25) is 0 Å². The van der Waals surface area contributed by atoms with Crippen molar-refractivity contribution in [2.75, 3.05) is 6.61 Å². The summed E-state index contributed by atoms with van der Waals surface area (Å²) in [6, 6.07) is 6.03. The van der Waals surface area contributed by atoms with Crippen molar-refractivity contribution in [2.24, 2.45) is 0 Å². The molecule has 0 saturated carbocycles. The Balaban J connectivity index is 3.02. The summed E-state index contributed by atoms with van der Waals surface area (Å²) in [7, 11) is -3.56. The van der Waals surface area contributed by atoms with Gasteiger partial charge in [-0.1, -0.05) is 12.1 Å². The molecule has 0 saturated heterocycles. The molecule has 0 aromatic heterocycles. The maximum Gasteiger partial charge on any atom is 0.242 e. The van der Waals surface area contributed by atoms with E-state index in [1.807, 2.05) is 0 Å². The van der Waals surface area contributed by atoms with Gasteiger partial charge in [-0.3, -0.25) is 0 Å². The average molecular weight is 294 g/mol. The topological polar surface area (TPSA) is 66.4 Å². The zero-order valence-electron chi connectivity index (χ0n) is 8.14. The molecule has 0 aliphatic heterocycles. The Bertz CT molecular complexity index is 433. The van der Waals surface area contributed by atoms with Crippen LogP contribution in [0.4, 0.5) is 0 Å². The third-order valence-electron chi connectivity index (χ3n) is 1.76. The zero-order valence-corrected chi connectivity index (χ0v) is 10.5. The first-order valence-corrected chi connectivity index (χ1v) is 6.62. The minimum absolute atomic E-state index is 0.172. The van der Waals surface area contributed by atoms with E-state index in [4.69, 9.17) is 5.11 Å². The van der Waals surface area contributed by atoms with Crippen LogP contribution in [0.3, 0.4) is 0 Å². The third-order valence-corrected chi connectivity index (χ3v) is 4.36. The van der Waals surface area contributed by atoms with E-state index < -0.39 is 16.1 Å². The van der Waals surface area contributed by atoms with E-state index in [0.29, 0.717) is 4.47 Å². The van der Waals surface area contributed by atoms with Gasteiger partial charge in [0, 0.05) is 10.5 Å². The van der Waals surface area contributed by atoms with Gasteiger partial charge in [-0.05, 0) is 35.0 Å². The fraction of sp³-hybridized carbons (Fsp3) is 0.333. The molecule has 0 bridgehead atoms. The van der Waals surface area contributed by atoms with Crippen molar-refractivity contribution in [3.05, 3.63) is 28.7 Å². The molecule has 0 aliphatic carbocycles. The number of aliphatic hydroxyl groups is 1. The van der Waals surface area contributed by atoms with E-state index in [9.17, 15) is 8.42 Å². The van der Waals surface area contributed by atoms with E-state index in [-0.39, 0.29) is 11.5 Å². The Kier molecular flexibility index (Phi) is 4.27. The summed E-state index contributed by atoms with van der Waals surface area (Å²) < 4.78 is 26.4. The first kappa shape index (κ1) is 12.6. The molecule has 1 atom stereocenters. The summed E-state index contributed by atoms with van der Waals surface area (Å²) in [6.45, 7) is 1.36. The van der Waals surface area contributed by atoms with Gasteiger partial charge in [0.2, 0.25) is 10.0 Å². The van der Waals surface area contributed by atoms with Crippen LogP contribution < -0.4 is 4.72 Å². The smallest absolute Gasteiger partial charge is 0.242 e. The van der Waals surface area contributed by atoms with Crippen molar-refractivity contribution >= 4 is 26.0 Å². The number of hydrogen-bond donors (Lipinski definition) is 2. The second kappa shape index (κ2) is 5.07. The Hall–Kier alpha value is -0.430. The van der Waals surface area contributed by atoms with Gasteiger partial charge in [-0.15, -0.1) is 0 Å². The standard InChI is InChI=1S/C9H12BrNO3S/c1-7(6-12)11-15(13,14)9-5-3-2-4-8(9)10/h2-5,7,11-12H,6H2,1H3/t7-/m0/s1. The second-order valence-electron chi connectivity index (χ2n) is 3.14. The van der Waals surface area contributed by atoms with Crippen LogP contribution >= 0.6 is 15.9 Å². The number of benzene rings is 1. The molecule has 2 N–H and O–H groups in total.